The molecule has 0 fully saturated rings. The summed E-state index contributed by atoms with van der Waals surface area (Å²) < 4.78 is 25.5. The predicted molar refractivity (Wildman–Crippen MR) is 64.6 cm³/mol. The number of primary amides is 1. The van der Waals surface area contributed by atoms with Crippen LogP contribution in [0, 0.1) is 11.8 Å². The number of hydrogen-bond donors (Lipinski definition) is 3. The van der Waals surface area contributed by atoms with E-state index >= 15 is 0 Å². The van der Waals surface area contributed by atoms with Crippen molar-refractivity contribution in [1.29, 1.82) is 0 Å². The number of sulfonamides is 1. The molecule has 1 amide bonds. The minimum absolute atomic E-state index is 0.0902. The van der Waals surface area contributed by atoms with Crippen molar-refractivity contribution in [2.24, 2.45) is 11.5 Å². The Kier molecular flexibility index (Phi) is 4.79. The average Bonchev–Trinajstić information content (AvgIpc) is 2.34. The summed E-state index contributed by atoms with van der Waals surface area (Å²) in [4.78, 5) is 14.2. The molecule has 7 nitrogen and oxygen atoms in total. The Morgan fingerprint density at radius 1 is 1.44 bits per heavy atom. The lowest BCUT2D eigenvalue weighted by atomic mass is 10.3. The predicted octanol–water partition coefficient (Wildman–Crippen LogP) is -1.84. The lowest BCUT2D eigenvalue weighted by Gasteiger charge is -2.04. The van der Waals surface area contributed by atoms with Crippen LogP contribution in [0.3, 0.4) is 0 Å². The zero-order chi connectivity index (χ0) is 13.6. The highest BCUT2D eigenvalue weighted by Crippen LogP contribution is 2.08. The highest BCUT2D eigenvalue weighted by atomic mass is 32.2. The van der Waals surface area contributed by atoms with Gasteiger partial charge in [0.15, 0.2) is 0 Å². The second-order valence-corrected chi connectivity index (χ2v) is 4.97. The monoisotopic (exact) mass is 268 g/mol. The fraction of sp³-hybridized carbons (Fsp3) is 0.200. The molecule has 0 saturated heterocycles. The van der Waals surface area contributed by atoms with E-state index in [1.54, 1.807) is 0 Å². The number of hydrogen-bond acceptors (Lipinski definition) is 5. The molecular formula is C10H12N4O3S. The molecule has 0 spiro atoms. The zero-order valence-corrected chi connectivity index (χ0v) is 10.2. The summed E-state index contributed by atoms with van der Waals surface area (Å²) in [7, 11) is -3.82. The Labute approximate surface area is 105 Å². The SMILES string of the molecule is NCC#Cc1cncc(S(=O)(=O)NCC(N)=O)c1. The summed E-state index contributed by atoms with van der Waals surface area (Å²) in [6.45, 7) is -0.308. The Balaban J connectivity index is 2.98. The minimum Gasteiger partial charge on any atom is -0.369 e. The Morgan fingerprint density at radius 2 is 2.17 bits per heavy atom. The third-order valence-electron chi connectivity index (χ3n) is 1.79. The summed E-state index contributed by atoms with van der Waals surface area (Å²) in [5.41, 5.74) is 10.5. The van der Waals surface area contributed by atoms with Crippen molar-refractivity contribution in [3.05, 3.63) is 24.0 Å². The maximum Gasteiger partial charge on any atom is 0.242 e. The first-order valence-corrected chi connectivity index (χ1v) is 6.36. The van der Waals surface area contributed by atoms with Gasteiger partial charge >= 0.3 is 0 Å². The summed E-state index contributed by atoms with van der Waals surface area (Å²) in [6, 6.07) is 1.33. The average molecular weight is 268 g/mol. The van der Waals surface area contributed by atoms with Crippen molar-refractivity contribution in [2.45, 2.75) is 4.90 Å². The Morgan fingerprint density at radius 3 is 2.78 bits per heavy atom. The second-order valence-electron chi connectivity index (χ2n) is 3.21. The number of carbonyl (C=O) groups excluding carboxylic acids is 1. The summed E-state index contributed by atoms with van der Waals surface area (Å²) in [5.74, 6) is 4.47. The molecule has 8 heteroatoms. The minimum atomic E-state index is -3.82. The van der Waals surface area contributed by atoms with Gasteiger partial charge in [0, 0.05) is 18.0 Å². The topological polar surface area (TPSA) is 128 Å². The molecule has 0 aliphatic heterocycles. The summed E-state index contributed by atoms with van der Waals surface area (Å²) in [6.07, 6.45) is 2.56. The van der Waals surface area contributed by atoms with E-state index in [1.165, 1.54) is 12.3 Å². The van der Waals surface area contributed by atoms with Crippen LogP contribution in [0.15, 0.2) is 23.4 Å². The summed E-state index contributed by atoms with van der Waals surface area (Å²) >= 11 is 0. The molecule has 0 unspecified atom stereocenters. The lowest BCUT2D eigenvalue weighted by molar-refractivity contribution is -0.116. The first kappa shape index (κ1) is 14.1. The van der Waals surface area contributed by atoms with Gasteiger partial charge in [0.2, 0.25) is 15.9 Å². The van der Waals surface area contributed by atoms with Crippen molar-refractivity contribution in [3.8, 4) is 11.8 Å². The number of carbonyl (C=O) groups is 1. The van der Waals surface area contributed by atoms with Crippen LogP contribution in [0.1, 0.15) is 5.56 Å². The van der Waals surface area contributed by atoms with E-state index in [-0.39, 0.29) is 11.4 Å². The third kappa shape index (κ3) is 4.14. The maximum atomic E-state index is 11.7. The molecule has 0 aliphatic carbocycles. The number of nitrogens with two attached hydrogens (primary N) is 2. The molecule has 1 aromatic heterocycles. The van der Waals surface area contributed by atoms with E-state index in [9.17, 15) is 13.2 Å². The normalized spacial score (nSPS) is 10.5. The molecule has 0 aliphatic rings. The van der Waals surface area contributed by atoms with E-state index in [2.05, 4.69) is 16.8 Å². The molecule has 5 N–H and O–H groups in total. The van der Waals surface area contributed by atoms with Crippen LogP contribution in [0.4, 0.5) is 0 Å². The fourth-order valence-electron chi connectivity index (χ4n) is 1.04. The number of nitrogens with one attached hydrogen (secondary N) is 1. The van der Waals surface area contributed by atoms with Gasteiger partial charge in [0.05, 0.1) is 13.1 Å². The van der Waals surface area contributed by atoms with Gasteiger partial charge in [-0.15, -0.1) is 0 Å². The van der Waals surface area contributed by atoms with E-state index in [0.29, 0.717) is 5.56 Å². The van der Waals surface area contributed by atoms with Gasteiger partial charge in [-0.3, -0.25) is 9.78 Å². The van der Waals surface area contributed by atoms with Crippen LogP contribution >= 0.6 is 0 Å². The van der Waals surface area contributed by atoms with Gasteiger partial charge in [-0.25, -0.2) is 13.1 Å². The first-order chi connectivity index (χ1) is 8.45. The molecular weight excluding hydrogens is 256 g/mol. The van der Waals surface area contributed by atoms with Crippen LogP contribution in [0.25, 0.3) is 0 Å². The van der Waals surface area contributed by atoms with E-state index in [0.717, 1.165) is 6.20 Å². The van der Waals surface area contributed by atoms with Gasteiger partial charge < -0.3 is 11.5 Å². The van der Waals surface area contributed by atoms with Crippen molar-refractivity contribution < 1.29 is 13.2 Å². The summed E-state index contributed by atoms with van der Waals surface area (Å²) in [5, 5.41) is 0. The van der Waals surface area contributed by atoms with Crippen molar-refractivity contribution in [3.63, 3.8) is 0 Å². The number of rotatable bonds is 4. The van der Waals surface area contributed by atoms with E-state index in [1.807, 2.05) is 4.72 Å². The molecule has 0 atom stereocenters. The quantitative estimate of drug-likeness (QED) is 0.552. The van der Waals surface area contributed by atoms with Gasteiger partial charge in [0.25, 0.3) is 0 Å². The molecule has 0 bridgehead atoms. The zero-order valence-electron chi connectivity index (χ0n) is 9.38. The molecule has 0 radical (unpaired) electrons. The Bertz CT molecular complexity index is 601. The van der Waals surface area contributed by atoms with Crippen LogP contribution in [0.5, 0.6) is 0 Å². The highest BCUT2D eigenvalue weighted by Gasteiger charge is 2.15. The number of nitrogens with zero attached hydrogens (tertiary/aromatic N) is 1. The largest absolute Gasteiger partial charge is 0.369 e. The van der Waals surface area contributed by atoms with Gasteiger partial charge in [-0.05, 0) is 6.07 Å². The third-order valence-corrected chi connectivity index (χ3v) is 3.16. The van der Waals surface area contributed by atoms with E-state index < -0.39 is 22.5 Å². The molecule has 18 heavy (non-hydrogen) atoms. The van der Waals surface area contributed by atoms with Crippen LogP contribution in [-0.2, 0) is 14.8 Å². The number of pyridine rings is 1. The molecule has 1 aromatic rings. The molecule has 1 heterocycles. The van der Waals surface area contributed by atoms with Crippen molar-refractivity contribution >= 4 is 15.9 Å². The second kappa shape index (κ2) is 6.11. The standard InChI is InChI=1S/C10H12N4O3S/c11-3-1-2-8-4-9(6-13-5-8)18(16,17)14-7-10(12)15/h4-6,14H,3,7,11H2,(H2,12,15). The van der Waals surface area contributed by atoms with Crippen LogP contribution in [-0.4, -0.2) is 32.4 Å². The van der Waals surface area contributed by atoms with Gasteiger partial charge in [0.1, 0.15) is 4.90 Å². The Hall–Kier alpha value is -1.95. The maximum absolute atomic E-state index is 11.7. The van der Waals surface area contributed by atoms with Crippen LogP contribution in [0.2, 0.25) is 0 Å². The molecule has 1 rings (SSSR count). The van der Waals surface area contributed by atoms with Crippen molar-refractivity contribution in [2.75, 3.05) is 13.1 Å². The molecule has 0 aromatic carbocycles. The highest BCUT2D eigenvalue weighted by molar-refractivity contribution is 7.89. The van der Waals surface area contributed by atoms with Crippen molar-refractivity contribution in [1.82, 2.24) is 9.71 Å². The fourth-order valence-corrected chi connectivity index (χ4v) is 2.02. The lowest BCUT2D eigenvalue weighted by Crippen LogP contribution is -2.33. The number of aromatic nitrogens is 1. The molecule has 0 saturated carbocycles. The molecule has 96 valence electrons. The van der Waals surface area contributed by atoms with E-state index in [4.69, 9.17) is 11.5 Å². The number of amides is 1. The van der Waals surface area contributed by atoms with Gasteiger partial charge in [-0.2, -0.15) is 0 Å². The van der Waals surface area contributed by atoms with Gasteiger partial charge in [-0.1, -0.05) is 11.8 Å². The first-order valence-electron chi connectivity index (χ1n) is 4.87. The van der Waals surface area contributed by atoms with Crippen LogP contribution < -0.4 is 16.2 Å². The smallest absolute Gasteiger partial charge is 0.242 e.